The Labute approximate surface area is 400 Å². The Balaban J connectivity index is 0.000000227. The summed E-state index contributed by atoms with van der Waals surface area (Å²) in [5.41, 5.74) is 14.1. The van der Waals surface area contributed by atoms with Crippen LogP contribution >= 0.6 is 0 Å². The smallest absolute Gasteiger partial charge is 0.669 e. The molecule has 2 atom stereocenters. The Kier molecular flexibility index (Phi) is 15.9. The number of fused-ring (bicyclic) bond motifs is 2. The Morgan fingerprint density at radius 2 is 0.919 bits per heavy atom. The van der Waals surface area contributed by atoms with Crippen LogP contribution in [-0.4, -0.2) is 116 Å². The number of nitrogens with zero attached hydrogens (tertiary/aromatic N) is 2. The van der Waals surface area contributed by atoms with E-state index >= 15 is 0 Å². The fourth-order valence-corrected chi connectivity index (χ4v) is 7.41. The minimum absolute atomic E-state index is 0. The number of carboxylic acids is 2. The van der Waals surface area contributed by atoms with Crippen LogP contribution in [0.3, 0.4) is 0 Å². The van der Waals surface area contributed by atoms with Crippen LogP contribution in [0, 0.1) is 0 Å². The van der Waals surface area contributed by atoms with Gasteiger partial charge in [-0.3, -0.25) is 9.59 Å². The third kappa shape index (κ3) is 11.0. The maximum atomic E-state index is 12.5. The number of amides is 2. The van der Waals surface area contributed by atoms with Gasteiger partial charge in [0.25, 0.3) is 0 Å². The third-order valence-electron chi connectivity index (χ3n) is 10.8. The largest absolute Gasteiger partial charge is 1.00 e. The zero-order valence-electron chi connectivity index (χ0n) is 34.2. The molecule has 0 saturated carbocycles. The zero-order valence-corrected chi connectivity index (χ0v) is 38.2. The Bertz CT molecular complexity index is 2120. The molecule has 18 nitrogen and oxygen atoms in total. The molecule has 10 N–H and O–H groups in total. The number of carboxylic acid groups (broad SMARTS) is 2. The van der Waals surface area contributed by atoms with Crippen molar-refractivity contribution in [1.82, 2.24) is 9.80 Å². The SMILES string of the molecule is N[C@@H](C(=O)N1CC(Oc2ccc3c(c2C(=O)O)O[B-](O)(O)CC3)C1)c1ccccc1.N[C@@H](C(=O)N1CC(Oc2ccc3c(c2C(=O)O)O[B-](O)(O)CC3)C1)c1ccccc1.[Na+].[Na+]. The predicted octanol–water partition coefficient (Wildman–Crippen LogP) is -4.93. The summed E-state index contributed by atoms with van der Waals surface area (Å²) in [6.45, 7) is -5.14. The first kappa shape index (κ1) is 48.9. The minimum atomic E-state index is -3.10. The summed E-state index contributed by atoms with van der Waals surface area (Å²) in [7, 11) is 0. The van der Waals surface area contributed by atoms with Crippen molar-refractivity contribution in [3.63, 3.8) is 0 Å². The fourth-order valence-electron chi connectivity index (χ4n) is 7.41. The number of ether oxygens (including phenoxy) is 2. The van der Waals surface area contributed by atoms with Crippen molar-refractivity contribution in [1.29, 1.82) is 0 Å². The summed E-state index contributed by atoms with van der Waals surface area (Å²) in [6.07, 6.45) is -0.260. The topological polar surface area (TPSA) is 285 Å². The van der Waals surface area contributed by atoms with Crippen molar-refractivity contribution in [3.05, 3.63) is 118 Å². The molecular weight excluding hydrogens is 828 g/mol. The van der Waals surface area contributed by atoms with E-state index < -0.39 is 49.7 Å². The van der Waals surface area contributed by atoms with Gasteiger partial charge in [-0.25, -0.2) is 9.59 Å². The summed E-state index contributed by atoms with van der Waals surface area (Å²) in [5.74, 6) is -3.13. The molecule has 0 bridgehead atoms. The zero-order chi connectivity index (χ0) is 42.9. The van der Waals surface area contributed by atoms with Crippen LogP contribution in [0.25, 0.3) is 0 Å². The van der Waals surface area contributed by atoms with Gasteiger partial charge < -0.3 is 70.4 Å². The molecule has 4 aromatic carbocycles. The molecule has 4 aromatic rings. The van der Waals surface area contributed by atoms with Crippen molar-refractivity contribution >= 4 is 37.3 Å². The second-order valence-electron chi connectivity index (χ2n) is 15.2. The van der Waals surface area contributed by atoms with Gasteiger partial charge in [-0.15, -0.1) is 0 Å². The second-order valence-corrected chi connectivity index (χ2v) is 15.2. The van der Waals surface area contributed by atoms with Gasteiger partial charge in [0.15, 0.2) is 0 Å². The van der Waals surface area contributed by atoms with Gasteiger partial charge in [0.1, 0.15) is 46.9 Å². The maximum absolute atomic E-state index is 12.5. The van der Waals surface area contributed by atoms with Gasteiger partial charge in [-0.2, -0.15) is 0 Å². The number of rotatable bonds is 10. The average molecular weight is 872 g/mol. The van der Waals surface area contributed by atoms with Gasteiger partial charge >= 0.3 is 84.6 Å². The molecule has 2 fully saturated rings. The molecule has 0 aromatic heterocycles. The van der Waals surface area contributed by atoms with Gasteiger partial charge in [0, 0.05) is 0 Å². The Hall–Kier alpha value is -4.15. The quantitative estimate of drug-likeness (QED) is 0.0694. The summed E-state index contributed by atoms with van der Waals surface area (Å²) in [4.78, 5) is 51.8. The van der Waals surface area contributed by atoms with Crippen LogP contribution in [0.15, 0.2) is 84.9 Å². The molecule has 2 saturated heterocycles. The van der Waals surface area contributed by atoms with E-state index in [1.165, 1.54) is 12.1 Å². The normalized spacial score (nSPS) is 18.0. The van der Waals surface area contributed by atoms with Crippen molar-refractivity contribution < 1.29 is 127 Å². The molecule has 316 valence electrons. The van der Waals surface area contributed by atoms with Gasteiger partial charge in [0.2, 0.25) is 11.8 Å². The molecule has 2 amide bonds. The molecule has 0 radical (unpaired) electrons. The van der Waals surface area contributed by atoms with Crippen molar-refractivity contribution in [2.24, 2.45) is 11.5 Å². The molecule has 4 heterocycles. The van der Waals surface area contributed by atoms with E-state index in [4.69, 9.17) is 30.2 Å². The third-order valence-corrected chi connectivity index (χ3v) is 10.8. The van der Waals surface area contributed by atoms with E-state index in [1.807, 2.05) is 36.4 Å². The number of aryl methyl sites for hydroxylation is 2. The second kappa shape index (κ2) is 20.1. The standard InChI is InChI=1S/2C20H22BN2O7.2Na/c2*22-17(12-4-2-1-3-5-12)19(24)23-10-14(11-23)29-15-7-6-13-8-9-21(27,28)30-18(13)16(15)20(25)26;;/h2*1-7,14,17,27-28H,8-11,22H2,(H,25,26);;/q2*-1;2*+1/t2*17-;;/m11../s1. The Morgan fingerprint density at radius 3 is 1.24 bits per heavy atom. The van der Waals surface area contributed by atoms with Crippen molar-refractivity contribution in [2.45, 2.75) is 49.8 Å². The number of nitrogens with two attached hydrogens (primary N) is 2. The van der Waals surface area contributed by atoms with Crippen molar-refractivity contribution in [2.75, 3.05) is 26.2 Å². The van der Waals surface area contributed by atoms with Crippen LogP contribution in [0.4, 0.5) is 0 Å². The predicted molar refractivity (Wildman–Crippen MR) is 214 cm³/mol. The first-order valence-corrected chi connectivity index (χ1v) is 19.4. The van der Waals surface area contributed by atoms with Crippen LogP contribution < -0.4 is 89.4 Å². The number of benzene rings is 4. The average Bonchev–Trinajstić information content (AvgIpc) is 3.18. The van der Waals surface area contributed by atoms with Gasteiger partial charge in [-0.1, -0.05) is 85.4 Å². The van der Waals surface area contributed by atoms with Gasteiger partial charge in [0.05, 0.1) is 37.7 Å². The Morgan fingerprint density at radius 1 is 0.581 bits per heavy atom. The molecule has 0 spiro atoms. The molecule has 4 aliphatic rings. The summed E-state index contributed by atoms with van der Waals surface area (Å²) in [5, 5.41) is 58.5. The molecule has 0 unspecified atom stereocenters. The minimum Gasteiger partial charge on any atom is -0.669 e. The van der Waals surface area contributed by atoms with E-state index in [1.54, 1.807) is 46.2 Å². The molecule has 4 aliphatic heterocycles. The van der Waals surface area contributed by atoms with Crippen LogP contribution in [-0.2, 0) is 22.4 Å². The van der Waals surface area contributed by atoms with Crippen LogP contribution in [0.1, 0.15) is 55.1 Å². The molecule has 0 aliphatic carbocycles. The van der Waals surface area contributed by atoms with E-state index in [0.717, 1.165) is 0 Å². The number of hydrogen-bond acceptors (Lipinski definition) is 14. The maximum Gasteiger partial charge on any atom is 1.00 e. The molecular formula is C40H44B2N4Na2O14. The first-order chi connectivity index (χ1) is 28.5. The fraction of sp³-hybridized carbons (Fsp3) is 0.300. The van der Waals surface area contributed by atoms with Crippen LogP contribution in [0.5, 0.6) is 23.0 Å². The van der Waals surface area contributed by atoms with E-state index in [2.05, 4.69) is 0 Å². The number of hydrogen-bond donors (Lipinski definition) is 8. The number of aromatic carboxylic acids is 2. The van der Waals surface area contributed by atoms with Crippen LogP contribution in [0.2, 0.25) is 12.6 Å². The molecule has 8 rings (SSSR count). The number of likely N-dealkylation sites (tertiary alicyclic amines) is 2. The number of carbonyl (C=O) groups excluding carboxylic acids is 2. The summed E-state index contributed by atoms with van der Waals surface area (Å²) in [6, 6.07) is 22.9. The first-order valence-electron chi connectivity index (χ1n) is 19.4. The summed E-state index contributed by atoms with van der Waals surface area (Å²) >= 11 is 0. The van der Waals surface area contributed by atoms with Crippen molar-refractivity contribution in [3.8, 4) is 23.0 Å². The van der Waals surface area contributed by atoms with Gasteiger partial charge in [-0.05, 0) is 47.2 Å². The summed E-state index contributed by atoms with van der Waals surface area (Å²) < 4.78 is 21.9. The van der Waals surface area contributed by atoms with E-state index in [9.17, 15) is 49.5 Å². The molecule has 22 heteroatoms. The van der Waals surface area contributed by atoms with E-state index in [-0.39, 0.29) is 157 Å². The van der Waals surface area contributed by atoms with E-state index in [0.29, 0.717) is 22.3 Å². The number of carbonyl (C=O) groups is 4. The molecule has 62 heavy (non-hydrogen) atoms. The monoisotopic (exact) mass is 872 g/mol.